The molecule has 2 amide bonds. The monoisotopic (exact) mass is 904 g/mol. The van der Waals surface area contributed by atoms with Crippen molar-refractivity contribution < 1.29 is 41.5 Å². The third-order valence-electron chi connectivity index (χ3n) is 8.88. The first-order valence-corrected chi connectivity index (χ1v) is 19.9. The molecule has 0 spiro atoms. The Kier molecular flexibility index (Phi) is 10.3. The minimum atomic E-state index is -1.32. The Balaban J connectivity index is 1.19. The van der Waals surface area contributed by atoms with Crippen molar-refractivity contribution in [3.63, 3.8) is 0 Å². The number of nitrogens with one attached hydrogen (secondary N) is 2. The number of para-hydroxylation sites is 2. The van der Waals surface area contributed by atoms with E-state index < -0.39 is 41.0 Å². The lowest BCUT2D eigenvalue weighted by molar-refractivity contribution is 0.0401. The molecule has 0 unspecified atom stereocenters. The van der Waals surface area contributed by atoms with E-state index in [1.807, 2.05) is 0 Å². The number of thiophene rings is 2. The third kappa shape index (κ3) is 7.15. The zero-order chi connectivity index (χ0) is 40.1. The number of hydrogen-bond acceptors (Lipinski definition) is 9. The van der Waals surface area contributed by atoms with Gasteiger partial charge in [-0.3, -0.25) is 9.59 Å². The maximum atomic E-state index is 15.5. The molecule has 0 fully saturated rings. The molecule has 0 saturated carbocycles. The van der Waals surface area contributed by atoms with Gasteiger partial charge in [0.05, 0.1) is 14.5 Å². The molecule has 0 aliphatic carbocycles. The standard InChI is InChI=1S/C41H21BrCl2F2N2O7S2/c1-18-21(11-13-26(43)33(18)44)23-16-56-38(47-36(49)29-14-19-6-2-4-8-27(19)53-29)31(23)40(51)55-41(52)32-24(22-10-12-25(42)35(46)34(22)45)17-57-39(32)48-37(50)30-15-20-7-3-5-9-28(20)54-30/h2-17H,1H3,(H,47,49)(H,48,50). The summed E-state index contributed by atoms with van der Waals surface area (Å²) in [5.74, 6) is -6.71. The number of rotatable bonds is 8. The normalized spacial score (nSPS) is 11.3. The molecule has 8 rings (SSSR count). The summed E-state index contributed by atoms with van der Waals surface area (Å²) in [5.41, 5.74) is 0.843. The maximum absolute atomic E-state index is 15.5. The van der Waals surface area contributed by atoms with Gasteiger partial charge >= 0.3 is 11.9 Å². The Morgan fingerprint density at radius 2 is 1.16 bits per heavy atom. The highest BCUT2D eigenvalue weighted by molar-refractivity contribution is 9.10. The largest absolute Gasteiger partial charge is 0.451 e. The zero-order valence-corrected chi connectivity index (χ0v) is 33.5. The van der Waals surface area contributed by atoms with Crippen molar-refractivity contribution in [2.24, 2.45) is 0 Å². The first kappa shape index (κ1) is 38.2. The molecule has 9 nitrogen and oxygen atoms in total. The number of carbonyl (C=O) groups is 4. The zero-order valence-electron chi connectivity index (χ0n) is 28.8. The molecule has 4 heterocycles. The Bertz CT molecular complexity index is 2710. The number of furan rings is 2. The Morgan fingerprint density at radius 1 is 0.667 bits per heavy atom. The molecule has 16 heteroatoms. The highest BCUT2D eigenvalue weighted by Gasteiger charge is 2.32. The molecule has 4 aromatic carbocycles. The third-order valence-corrected chi connectivity index (χ3v) is 12.2. The second-order valence-electron chi connectivity index (χ2n) is 12.3. The van der Waals surface area contributed by atoms with E-state index in [4.69, 9.17) is 36.8 Å². The van der Waals surface area contributed by atoms with E-state index in [2.05, 4.69) is 26.6 Å². The van der Waals surface area contributed by atoms with Crippen LogP contribution >= 0.6 is 61.8 Å². The number of esters is 2. The highest BCUT2D eigenvalue weighted by Crippen LogP contribution is 2.43. The SMILES string of the molecule is Cc1c(-c2csc(NC(=O)c3cc4ccccc4o3)c2C(=O)OC(=O)c2c(-c3ccc(Br)c(F)c3F)csc2NC(=O)c2cc3ccccc3o2)ccc(Cl)c1Cl. The van der Waals surface area contributed by atoms with Crippen LogP contribution in [0.25, 0.3) is 44.2 Å². The first-order chi connectivity index (χ1) is 27.4. The van der Waals surface area contributed by atoms with Gasteiger partial charge in [-0.2, -0.15) is 0 Å². The topological polar surface area (TPSA) is 128 Å². The van der Waals surface area contributed by atoms with Gasteiger partial charge in [0.15, 0.2) is 23.2 Å². The van der Waals surface area contributed by atoms with Gasteiger partial charge in [-0.15, -0.1) is 22.7 Å². The van der Waals surface area contributed by atoms with Gasteiger partial charge < -0.3 is 24.2 Å². The molecule has 0 bridgehead atoms. The molecule has 2 N–H and O–H groups in total. The van der Waals surface area contributed by atoms with E-state index in [9.17, 15) is 23.6 Å². The smallest absolute Gasteiger partial charge is 0.349 e. The van der Waals surface area contributed by atoms with Gasteiger partial charge in [-0.1, -0.05) is 71.7 Å². The van der Waals surface area contributed by atoms with Crippen molar-refractivity contribution >= 4 is 117 Å². The molecular formula is C41H21BrCl2F2N2O7S2. The molecule has 0 aliphatic heterocycles. The summed E-state index contributed by atoms with van der Waals surface area (Å²) in [4.78, 5) is 55.5. The van der Waals surface area contributed by atoms with Crippen molar-refractivity contribution in [1.82, 2.24) is 0 Å². The minimum Gasteiger partial charge on any atom is -0.451 e. The van der Waals surface area contributed by atoms with E-state index in [0.717, 1.165) is 22.7 Å². The van der Waals surface area contributed by atoms with Gasteiger partial charge in [0.25, 0.3) is 11.8 Å². The Labute approximate surface area is 346 Å². The van der Waals surface area contributed by atoms with Crippen molar-refractivity contribution in [1.29, 1.82) is 0 Å². The predicted molar refractivity (Wildman–Crippen MR) is 220 cm³/mol. The number of amides is 2. The van der Waals surface area contributed by atoms with Crippen LogP contribution < -0.4 is 10.6 Å². The summed E-state index contributed by atoms with van der Waals surface area (Å²) < 4.78 is 47.0. The summed E-state index contributed by atoms with van der Waals surface area (Å²) in [6.07, 6.45) is 0. The number of ether oxygens (including phenoxy) is 1. The lowest BCUT2D eigenvalue weighted by Gasteiger charge is -2.13. The van der Waals surface area contributed by atoms with Crippen LogP contribution in [0.1, 0.15) is 47.4 Å². The van der Waals surface area contributed by atoms with Crippen LogP contribution in [0.5, 0.6) is 0 Å². The van der Waals surface area contributed by atoms with Crippen molar-refractivity contribution in [2.75, 3.05) is 10.6 Å². The van der Waals surface area contributed by atoms with Crippen LogP contribution in [0.2, 0.25) is 10.0 Å². The van der Waals surface area contributed by atoms with E-state index in [1.165, 1.54) is 35.7 Å². The minimum absolute atomic E-state index is 0.0105. The number of hydrogen-bond donors (Lipinski definition) is 2. The van der Waals surface area contributed by atoms with Crippen LogP contribution in [-0.4, -0.2) is 23.8 Å². The van der Waals surface area contributed by atoms with Gasteiger partial charge in [0.1, 0.15) is 32.3 Å². The van der Waals surface area contributed by atoms with Crippen LogP contribution in [0.3, 0.4) is 0 Å². The van der Waals surface area contributed by atoms with E-state index in [-0.39, 0.29) is 58.3 Å². The fraction of sp³-hybridized carbons (Fsp3) is 0.0244. The van der Waals surface area contributed by atoms with Gasteiger partial charge in [-0.05, 0) is 70.4 Å². The quantitative estimate of drug-likeness (QED) is 0.0883. The summed E-state index contributed by atoms with van der Waals surface area (Å²) in [5, 5.41) is 9.77. The van der Waals surface area contributed by atoms with Gasteiger partial charge in [-0.25, -0.2) is 18.4 Å². The molecular weight excluding hydrogens is 885 g/mol. The molecule has 8 aromatic rings. The highest BCUT2D eigenvalue weighted by atomic mass is 79.9. The van der Waals surface area contributed by atoms with Crippen molar-refractivity contribution in [2.45, 2.75) is 6.92 Å². The van der Waals surface area contributed by atoms with Crippen LogP contribution in [0.4, 0.5) is 18.8 Å². The molecule has 284 valence electrons. The summed E-state index contributed by atoms with van der Waals surface area (Å²) in [6.45, 7) is 1.68. The number of carbonyl (C=O) groups excluding carboxylic acids is 4. The van der Waals surface area contributed by atoms with E-state index >= 15 is 4.39 Å². The van der Waals surface area contributed by atoms with Gasteiger partial charge in [0.2, 0.25) is 0 Å². The number of benzene rings is 4. The average molecular weight is 907 g/mol. The second-order valence-corrected chi connectivity index (χ2v) is 15.7. The molecule has 0 atom stereocenters. The fourth-order valence-electron chi connectivity index (χ4n) is 6.08. The lowest BCUT2D eigenvalue weighted by Crippen LogP contribution is -2.19. The van der Waals surface area contributed by atoms with E-state index in [1.54, 1.807) is 66.9 Å². The van der Waals surface area contributed by atoms with E-state index in [0.29, 0.717) is 33.1 Å². The molecule has 4 aromatic heterocycles. The number of halogens is 5. The summed E-state index contributed by atoms with van der Waals surface area (Å²) >= 11 is 17.5. The Morgan fingerprint density at radius 3 is 1.68 bits per heavy atom. The number of fused-ring (bicyclic) bond motifs is 2. The molecule has 0 radical (unpaired) electrons. The van der Waals surface area contributed by atoms with Crippen molar-refractivity contribution in [3.05, 3.63) is 150 Å². The van der Waals surface area contributed by atoms with Gasteiger partial charge in [0, 0.05) is 38.2 Å². The summed E-state index contributed by atoms with van der Waals surface area (Å²) in [7, 11) is 0. The Hall–Kier alpha value is -5.64. The fourth-order valence-corrected chi connectivity index (χ4v) is 8.64. The number of anilines is 2. The molecule has 57 heavy (non-hydrogen) atoms. The predicted octanol–water partition coefficient (Wildman–Crippen LogP) is 12.8. The molecule has 0 aliphatic rings. The van der Waals surface area contributed by atoms with Crippen molar-refractivity contribution in [3.8, 4) is 22.3 Å². The van der Waals surface area contributed by atoms with Crippen LogP contribution in [0, 0.1) is 18.6 Å². The first-order valence-electron chi connectivity index (χ1n) is 16.6. The lowest BCUT2D eigenvalue weighted by atomic mass is 9.99. The van der Waals surface area contributed by atoms with Crippen LogP contribution in [0.15, 0.2) is 109 Å². The second kappa shape index (κ2) is 15.4. The summed E-state index contributed by atoms with van der Waals surface area (Å²) in [6, 6.07) is 22.5. The maximum Gasteiger partial charge on any atom is 0.349 e. The van der Waals surface area contributed by atoms with Crippen LogP contribution in [-0.2, 0) is 4.74 Å². The average Bonchev–Trinajstić information content (AvgIpc) is 4.01. The molecule has 0 saturated heterocycles.